The number of halogens is 2. The number of benzene rings is 2. The van der Waals surface area contributed by atoms with Gasteiger partial charge in [0, 0.05) is 37.9 Å². The molecule has 1 aliphatic carbocycles. The van der Waals surface area contributed by atoms with E-state index in [-0.39, 0.29) is 45.3 Å². The van der Waals surface area contributed by atoms with Gasteiger partial charge in [-0.25, -0.2) is 18.4 Å². The van der Waals surface area contributed by atoms with E-state index in [1.54, 1.807) is 32.9 Å². The Morgan fingerprint density at radius 3 is 2.47 bits per heavy atom. The third-order valence-electron chi connectivity index (χ3n) is 11.1. The highest BCUT2D eigenvalue weighted by Crippen LogP contribution is 2.48. The van der Waals surface area contributed by atoms with Crippen molar-refractivity contribution in [3.63, 3.8) is 0 Å². The Morgan fingerprint density at radius 1 is 1.02 bits per heavy atom. The number of likely N-dealkylation sites (N-methyl/N-ethyl adjacent to an activating group) is 1. The molecular formula is C42H51F2N5O8. The second-order valence-corrected chi connectivity index (χ2v) is 16.4. The molecule has 306 valence electrons. The predicted molar refractivity (Wildman–Crippen MR) is 203 cm³/mol. The van der Waals surface area contributed by atoms with Crippen LogP contribution in [0.3, 0.4) is 0 Å². The number of nitrogens with zero attached hydrogens (tertiary/aromatic N) is 2. The van der Waals surface area contributed by atoms with E-state index in [4.69, 9.17) is 9.47 Å². The number of rotatable bonds is 7. The van der Waals surface area contributed by atoms with Crippen molar-refractivity contribution >= 4 is 35.7 Å². The summed E-state index contributed by atoms with van der Waals surface area (Å²) in [5.41, 5.74) is -0.773. The van der Waals surface area contributed by atoms with Gasteiger partial charge in [-0.2, -0.15) is 0 Å². The van der Waals surface area contributed by atoms with Crippen LogP contribution in [0.5, 0.6) is 0 Å². The first-order valence-corrected chi connectivity index (χ1v) is 19.6. The van der Waals surface area contributed by atoms with Crippen molar-refractivity contribution in [3.8, 4) is 0 Å². The van der Waals surface area contributed by atoms with E-state index in [0.29, 0.717) is 29.5 Å². The van der Waals surface area contributed by atoms with Crippen molar-refractivity contribution in [1.29, 1.82) is 0 Å². The molecule has 1 saturated heterocycles. The van der Waals surface area contributed by atoms with Gasteiger partial charge in [0.25, 0.3) is 0 Å². The minimum absolute atomic E-state index is 0.00346. The highest BCUT2D eigenvalue weighted by atomic mass is 19.1. The topological polar surface area (TPSA) is 163 Å². The fourth-order valence-corrected chi connectivity index (χ4v) is 8.01. The minimum Gasteiger partial charge on any atom is -0.444 e. The molecule has 2 aromatic rings. The number of hydrogen-bond acceptors (Lipinski definition) is 8. The van der Waals surface area contributed by atoms with Crippen LogP contribution < -0.4 is 16.0 Å². The minimum atomic E-state index is -1.40. The molecule has 0 bridgehead atoms. The van der Waals surface area contributed by atoms with Gasteiger partial charge in [-0.05, 0) is 75.8 Å². The van der Waals surface area contributed by atoms with E-state index >= 15 is 0 Å². The molecule has 0 radical (unpaired) electrons. The molecule has 1 saturated carbocycles. The number of amides is 5. The lowest BCUT2D eigenvalue weighted by molar-refractivity contribution is -0.141. The summed E-state index contributed by atoms with van der Waals surface area (Å²) in [5.74, 6) is -4.38. The Morgan fingerprint density at radius 2 is 1.77 bits per heavy atom. The van der Waals surface area contributed by atoms with E-state index in [2.05, 4.69) is 16.0 Å². The van der Waals surface area contributed by atoms with Gasteiger partial charge in [0.2, 0.25) is 17.7 Å². The van der Waals surface area contributed by atoms with Gasteiger partial charge in [-0.15, -0.1) is 0 Å². The summed E-state index contributed by atoms with van der Waals surface area (Å²) in [7, 11) is 1.44. The van der Waals surface area contributed by atoms with Crippen LogP contribution in [0.25, 0.3) is 0 Å². The normalized spacial score (nSPS) is 26.0. The van der Waals surface area contributed by atoms with Gasteiger partial charge in [0.05, 0.1) is 19.0 Å². The smallest absolute Gasteiger partial charge is 0.410 e. The molecule has 57 heavy (non-hydrogen) atoms. The summed E-state index contributed by atoms with van der Waals surface area (Å²) in [5, 5.41) is 8.23. The molecular weight excluding hydrogens is 740 g/mol. The summed E-state index contributed by atoms with van der Waals surface area (Å²) in [6, 6.07) is 7.65. The molecule has 4 aliphatic rings. The highest BCUT2D eigenvalue weighted by Gasteiger charge is 2.60. The zero-order chi connectivity index (χ0) is 41.1. The predicted octanol–water partition coefficient (Wildman–Crippen LogP) is 5.16. The van der Waals surface area contributed by atoms with Crippen molar-refractivity contribution in [2.45, 2.75) is 120 Å². The molecule has 3 N–H and O–H groups in total. The molecule has 2 aromatic carbocycles. The summed E-state index contributed by atoms with van der Waals surface area (Å²) in [6.45, 7) is 5.04. The first-order chi connectivity index (χ1) is 27.1. The Balaban J connectivity index is 1.27. The van der Waals surface area contributed by atoms with Gasteiger partial charge >= 0.3 is 12.2 Å². The van der Waals surface area contributed by atoms with Crippen molar-refractivity contribution in [2.24, 2.45) is 5.92 Å². The lowest BCUT2D eigenvalue weighted by Crippen LogP contribution is -2.56. The van der Waals surface area contributed by atoms with Crippen molar-refractivity contribution in [2.75, 3.05) is 13.6 Å². The van der Waals surface area contributed by atoms with Gasteiger partial charge in [0.1, 0.15) is 41.0 Å². The summed E-state index contributed by atoms with van der Waals surface area (Å²) in [6.07, 6.45) is 4.22. The fraction of sp³-hybridized carbons (Fsp3) is 0.524. The molecule has 15 heteroatoms. The molecule has 6 atom stereocenters. The van der Waals surface area contributed by atoms with Gasteiger partial charge < -0.3 is 30.3 Å². The molecule has 3 heterocycles. The largest absolute Gasteiger partial charge is 0.444 e. The number of carbonyl (C=O) groups is 6. The first kappa shape index (κ1) is 41.3. The molecule has 3 aliphatic heterocycles. The zero-order valence-corrected chi connectivity index (χ0v) is 32.8. The Labute approximate surface area is 330 Å². The van der Waals surface area contributed by atoms with Crippen molar-refractivity contribution in [3.05, 3.63) is 82.9 Å². The standard InChI is InChI=1S/C42H51F2N5O8/c1-41(2,3)57-39(54)46-33-14-9-7-5-6-8-12-27-21-42(27,35(50)20-30(36(51)45-4)25-15-17-28(43)18-16-25)47-37(52)34-19-29(23-49(34)38(33)53)56-40(55)48-22-26-11-10-13-32(44)31(26)24-48/h8,10-13,15-18,27,29-30,33-34H,5-7,9,14,19-24H2,1-4H3,(H,45,51)(H,46,54)(H,47,52)/b12-8-/t27-,29-,30+,33+,34+,42-/m1/s1. The molecule has 13 nitrogen and oxygen atoms in total. The van der Waals surface area contributed by atoms with E-state index in [1.165, 1.54) is 47.2 Å². The SMILES string of the molecule is CNC(=O)[C@@H](CC(=O)[C@@]12C[C@H]1/C=C\CCCCC[C@H](NC(=O)OC(C)(C)C)C(=O)N1C[C@H](OC(=O)N3Cc4cccc(F)c4C3)C[C@H]1C(=O)N2)c1ccc(F)cc1. The van der Waals surface area contributed by atoms with Gasteiger partial charge in [0.15, 0.2) is 5.78 Å². The number of hydrogen-bond donors (Lipinski definition) is 3. The Hall–Kier alpha value is -5.34. The van der Waals surface area contributed by atoms with Crippen molar-refractivity contribution in [1.82, 2.24) is 25.8 Å². The molecule has 5 amide bonds. The molecule has 0 aromatic heterocycles. The lowest BCUT2D eigenvalue weighted by atomic mass is 9.89. The molecule has 6 rings (SSSR count). The van der Waals surface area contributed by atoms with Crippen LogP contribution in [0.2, 0.25) is 0 Å². The number of fused-ring (bicyclic) bond motifs is 3. The average Bonchev–Trinajstić information content (AvgIpc) is 3.45. The van der Waals surface area contributed by atoms with E-state index in [9.17, 15) is 37.5 Å². The van der Waals surface area contributed by atoms with Crippen molar-refractivity contribution < 1.29 is 47.0 Å². The lowest BCUT2D eigenvalue weighted by Gasteiger charge is -2.30. The number of alkyl carbamates (subject to hydrolysis) is 1. The molecule has 0 spiro atoms. The van der Waals surface area contributed by atoms with E-state index < -0.39 is 88.5 Å². The molecule has 0 unspecified atom stereocenters. The van der Waals surface area contributed by atoms with E-state index in [0.717, 1.165) is 12.8 Å². The van der Waals surface area contributed by atoms with E-state index in [1.807, 2.05) is 12.2 Å². The number of ether oxygens (including phenoxy) is 2. The average molecular weight is 792 g/mol. The third-order valence-corrected chi connectivity index (χ3v) is 11.1. The van der Waals surface area contributed by atoms with Crippen LogP contribution in [0.15, 0.2) is 54.6 Å². The third kappa shape index (κ3) is 9.62. The van der Waals surface area contributed by atoms with Crippen LogP contribution in [0, 0.1) is 17.6 Å². The number of carbonyl (C=O) groups excluding carboxylic acids is 6. The zero-order valence-electron chi connectivity index (χ0n) is 32.8. The van der Waals surface area contributed by atoms with Crippen LogP contribution >= 0.6 is 0 Å². The number of allylic oxidation sites excluding steroid dienone is 1. The van der Waals surface area contributed by atoms with Crippen LogP contribution in [0.1, 0.15) is 94.7 Å². The Kier molecular flexibility index (Phi) is 12.3. The number of nitrogens with one attached hydrogen (secondary N) is 3. The molecule has 2 fully saturated rings. The maximum Gasteiger partial charge on any atom is 0.410 e. The number of ketones is 1. The van der Waals surface area contributed by atoms with Gasteiger partial charge in [-0.3, -0.25) is 24.1 Å². The van der Waals surface area contributed by atoms with Gasteiger partial charge in [-0.1, -0.05) is 49.3 Å². The summed E-state index contributed by atoms with van der Waals surface area (Å²) < 4.78 is 39.6. The maximum atomic E-state index is 14.5. The summed E-state index contributed by atoms with van der Waals surface area (Å²) in [4.78, 5) is 85.4. The highest BCUT2D eigenvalue weighted by molar-refractivity contribution is 6.01. The monoisotopic (exact) mass is 791 g/mol. The van der Waals surface area contributed by atoms with Crippen LogP contribution in [-0.4, -0.2) is 88.4 Å². The quantitative estimate of drug-likeness (QED) is 0.324. The Bertz CT molecular complexity index is 1920. The number of Topliss-reactive ketones (excluding diaryl/α,β-unsaturated/α-hetero) is 1. The second kappa shape index (κ2) is 17.0. The van der Waals surface area contributed by atoms with Crippen LogP contribution in [-0.2, 0) is 41.7 Å². The summed E-state index contributed by atoms with van der Waals surface area (Å²) >= 11 is 0. The second-order valence-electron chi connectivity index (χ2n) is 16.4. The first-order valence-electron chi connectivity index (χ1n) is 19.6. The van der Waals surface area contributed by atoms with Crippen LogP contribution in [0.4, 0.5) is 18.4 Å². The fourth-order valence-electron chi connectivity index (χ4n) is 8.01. The maximum absolute atomic E-state index is 14.5.